The third kappa shape index (κ3) is 47.3. The van der Waals surface area contributed by atoms with E-state index in [0.717, 1.165) is 0 Å². The van der Waals surface area contributed by atoms with E-state index in [0.29, 0.717) is 0 Å². The van der Waals surface area contributed by atoms with Gasteiger partial charge in [-0.3, -0.25) is 19.2 Å². The van der Waals surface area contributed by atoms with Gasteiger partial charge in [-0.2, -0.15) is 0 Å². The Bertz CT molecular complexity index is 588. The Morgan fingerprint density at radius 2 is 0.636 bits per heavy atom. The second kappa shape index (κ2) is 30.2. The molecule has 0 aliphatic heterocycles. The predicted molar refractivity (Wildman–Crippen MR) is 115 cm³/mol. The van der Waals surface area contributed by atoms with E-state index in [2.05, 4.69) is 25.7 Å². The molecule has 12 heteroatoms. The second-order valence-electron chi connectivity index (χ2n) is 5.23. The summed E-state index contributed by atoms with van der Waals surface area (Å²) < 4.78 is 0. The highest BCUT2D eigenvalue weighted by Crippen LogP contribution is 2.11. The summed E-state index contributed by atoms with van der Waals surface area (Å²) >= 11 is 0. The number of terminal acetylenes is 4. The second-order valence-corrected chi connectivity index (χ2v) is 5.23. The van der Waals surface area contributed by atoms with Crippen molar-refractivity contribution in [2.45, 2.75) is 25.7 Å². The SMILES string of the molecule is C#CCC(=O)O.C#CCC(=O)O.C#CCC(=O)O.C#CCC(=O)O.OCC(CO)(CO)CO. The van der Waals surface area contributed by atoms with Crippen LogP contribution in [-0.4, -0.2) is 91.2 Å². The first-order valence-electron chi connectivity index (χ1n) is 8.37. The molecule has 0 heterocycles. The molecule has 0 saturated heterocycles. The largest absolute Gasteiger partial charge is 0.481 e. The molecule has 0 unspecified atom stereocenters. The van der Waals surface area contributed by atoms with E-state index in [1.807, 2.05) is 23.7 Å². The minimum absolute atomic E-state index is 0.181. The van der Waals surface area contributed by atoms with Gasteiger partial charge >= 0.3 is 23.9 Å². The molecule has 0 rings (SSSR count). The molecule has 184 valence electrons. The lowest BCUT2D eigenvalue weighted by Crippen LogP contribution is -2.37. The van der Waals surface area contributed by atoms with Crippen LogP contribution in [0.25, 0.3) is 0 Å². The molecule has 0 aliphatic rings. The number of aliphatic carboxylic acids is 4. The first-order chi connectivity index (χ1) is 15.3. The molecular formula is C21H28O12. The maximum absolute atomic E-state index is 9.46. The smallest absolute Gasteiger partial charge is 0.315 e. The first-order valence-corrected chi connectivity index (χ1v) is 8.37. The molecule has 0 aromatic rings. The van der Waals surface area contributed by atoms with Crippen molar-refractivity contribution in [3.8, 4) is 49.4 Å². The quantitative estimate of drug-likeness (QED) is 0.185. The van der Waals surface area contributed by atoms with Crippen LogP contribution in [-0.2, 0) is 19.2 Å². The van der Waals surface area contributed by atoms with Gasteiger partial charge in [0.1, 0.15) is 25.7 Å². The number of hydrogen-bond donors (Lipinski definition) is 8. The highest BCUT2D eigenvalue weighted by atomic mass is 16.4. The van der Waals surface area contributed by atoms with Crippen LogP contribution < -0.4 is 0 Å². The van der Waals surface area contributed by atoms with Gasteiger partial charge in [-0.25, -0.2) is 0 Å². The van der Waals surface area contributed by atoms with E-state index in [1.165, 1.54) is 0 Å². The van der Waals surface area contributed by atoms with E-state index in [1.54, 1.807) is 0 Å². The van der Waals surface area contributed by atoms with E-state index in [9.17, 15) is 19.2 Å². The number of aliphatic hydroxyl groups is 4. The molecular weight excluding hydrogens is 444 g/mol. The number of rotatable bonds is 8. The Morgan fingerprint density at radius 1 is 0.485 bits per heavy atom. The fourth-order valence-electron chi connectivity index (χ4n) is 0.649. The molecule has 12 nitrogen and oxygen atoms in total. The molecule has 0 saturated carbocycles. The van der Waals surface area contributed by atoms with Crippen molar-refractivity contribution >= 4 is 23.9 Å². The molecule has 0 bridgehead atoms. The van der Waals surface area contributed by atoms with Crippen LogP contribution in [0.15, 0.2) is 0 Å². The Balaban J connectivity index is -0.000000100. The standard InChI is InChI=1S/C5H12O4.4C4H4O2/c6-1-5(2-7,3-8)4-9;4*1-2-3-4(5)6/h6-9H,1-4H2;4*1H,3H2,(H,5,6). The lowest BCUT2D eigenvalue weighted by molar-refractivity contribution is -0.136. The third-order valence-corrected chi connectivity index (χ3v) is 2.35. The zero-order valence-electron chi connectivity index (χ0n) is 17.7. The van der Waals surface area contributed by atoms with E-state index >= 15 is 0 Å². The Kier molecular flexibility index (Phi) is 36.0. The summed E-state index contributed by atoms with van der Waals surface area (Å²) in [5.41, 5.74) is -1.11. The average molecular weight is 472 g/mol. The Morgan fingerprint density at radius 3 is 0.636 bits per heavy atom. The summed E-state index contributed by atoms with van der Waals surface area (Å²) in [5, 5.41) is 65.1. The van der Waals surface area contributed by atoms with Crippen LogP contribution >= 0.6 is 0 Å². The van der Waals surface area contributed by atoms with Gasteiger partial charge in [-0.05, 0) is 0 Å². The van der Waals surface area contributed by atoms with Gasteiger partial charge in [-0.15, -0.1) is 25.7 Å². The lowest BCUT2D eigenvalue weighted by Gasteiger charge is -2.23. The maximum Gasteiger partial charge on any atom is 0.315 e. The van der Waals surface area contributed by atoms with Gasteiger partial charge in [0.05, 0.1) is 31.8 Å². The van der Waals surface area contributed by atoms with Crippen LogP contribution in [0.1, 0.15) is 25.7 Å². The lowest BCUT2D eigenvalue weighted by atomic mass is 9.93. The first kappa shape index (κ1) is 39.4. The van der Waals surface area contributed by atoms with Gasteiger partial charge in [0.25, 0.3) is 0 Å². The monoisotopic (exact) mass is 472 g/mol. The molecule has 0 radical (unpaired) electrons. The summed E-state index contributed by atoms with van der Waals surface area (Å²) in [6.45, 7) is -1.62. The van der Waals surface area contributed by atoms with Gasteiger partial charge in [-0.1, -0.05) is 23.7 Å². The fourth-order valence-corrected chi connectivity index (χ4v) is 0.649. The highest BCUT2D eigenvalue weighted by molar-refractivity contribution is 5.70. The number of carboxylic acid groups (broad SMARTS) is 4. The van der Waals surface area contributed by atoms with Crippen molar-refractivity contribution in [3.63, 3.8) is 0 Å². The molecule has 0 aromatic carbocycles. The molecule has 33 heavy (non-hydrogen) atoms. The van der Waals surface area contributed by atoms with Crippen LogP contribution in [0.2, 0.25) is 0 Å². The van der Waals surface area contributed by atoms with Crippen molar-refractivity contribution in [3.05, 3.63) is 0 Å². The maximum atomic E-state index is 9.46. The van der Waals surface area contributed by atoms with Crippen LogP contribution in [0.4, 0.5) is 0 Å². The van der Waals surface area contributed by atoms with Gasteiger partial charge < -0.3 is 40.9 Å². The van der Waals surface area contributed by atoms with E-state index < -0.39 is 55.7 Å². The Labute approximate surface area is 191 Å². The van der Waals surface area contributed by atoms with Gasteiger partial charge in [0, 0.05) is 0 Å². The summed E-state index contributed by atoms with van der Waals surface area (Å²) in [5.74, 6) is 4.08. The minimum atomic E-state index is -1.11. The topological polar surface area (TPSA) is 230 Å². The minimum Gasteiger partial charge on any atom is -0.481 e. The van der Waals surface area contributed by atoms with Gasteiger partial charge in [0.15, 0.2) is 0 Å². The molecule has 0 aliphatic carbocycles. The van der Waals surface area contributed by atoms with E-state index in [4.69, 9.17) is 40.9 Å². The molecule has 8 N–H and O–H groups in total. The van der Waals surface area contributed by atoms with Crippen LogP contribution in [0.3, 0.4) is 0 Å². The molecule has 0 spiro atoms. The third-order valence-electron chi connectivity index (χ3n) is 2.35. The summed E-state index contributed by atoms with van der Waals surface area (Å²) in [6.07, 6.45) is 17.7. The average Bonchev–Trinajstić information content (AvgIpc) is 2.72. The highest BCUT2D eigenvalue weighted by Gasteiger charge is 2.26. The van der Waals surface area contributed by atoms with Gasteiger partial charge in [0.2, 0.25) is 0 Å². The predicted octanol–water partition coefficient (Wildman–Crippen LogP) is -1.68. The van der Waals surface area contributed by atoms with Crippen LogP contribution in [0.5, 0.6) is 0 Å². The Hall–Kier alpha value is -4.04. The molecule has 0 amide bonds. The zero-order valence-corrected chi connectivity index (χ0v) is 17.7. The van der Waals surface area contributed by atoms with Crippen molar-refractivity contribution < 1.29 is 60.0 Å². The molecule has 0 aromatic heterocycles. The number of aliphatic hydroxyl groups excluding tert-OH is 4. The zero-order chi connectivity index (χ0) is 27.3. The number of hydrogen-bond acceptors (Lipinski definition) is 8. The normalized spacial score (nSPS) is 8.00. The van der Waals surface area contributed by atoms with Crippen molar-refractivity contribution in [2.24, 2.45) is 5.41 Å². The summed E-state index contributed by atoms with van der Waals surface area (Å²) in [7, 11) is 0. The van der Waals surface area contributed by atoms with E-state index in [-0.39, 0.29) is 25.7 Å². The molecule has 0 atom stereocenters. The fraction of sp³-hybridized carbons (Fsp3) is 0.429. The summed E-state index contributed by atoms with van der Waals surface area (Å²) in [4.78, 5) is 37.8. The number of carboxylic acids is 4. The number of carbonyl (C=O) groups is 4. The van der Waals surface area contributed by atoms with Crippen molar-refractivity contribution in [1.82, 2.24) is 0 Å². The summed E-state index contributed by atoms with van der Waals surface area (Å²) in [6, 6.07) is 0. The van der Waals surface area contributed by atoms with Crippen molar-refractivity contribution in [2.75, 3.05) is 26.4 Å². The van der Waals surface area contributed by atoms with Crippen molar-refractivity contribution in [1.29, 1.82) is 0 Å². The van der Waals surface area contributed by atoms with Crippen LogP contribution in [0, 0.1) is 54.8 Å². The molecule has 0 fully saturated rings.